The van der Waals surface area contributed by atoms with Gasteiger partial charge in [0.05, 0.1) is 16.2 Å². The number of carbonyl (C=O) groups is 3. The van der Waals surface area contributed by atoms with Crippen molar-refractivity contribution in [2.24, 2.45) is 0 Å². The third-order valence-corrected chi connectivity index (χ3v) is 5.95. The van der Waals surface area contributed by atoms with Gasteiger partial charge in [-0.2, -0.15) is 0 Å². The number of pyridine rings is 1. The number of amides is 2. The first-order valence-electron chi connectivity index (χ1n) is 10.8. The van der Waals surface area contributed by atoms with Crippen molar-refractivity contribution in [3.05, 3.63) is 76.0 Å². The molecule has 0 saturated carbocycles. The number of hydrogen-bond acceptors (Lipinski definition) is 10. The Bertz CT molecular complexity index is 1380. The van der Waals surface area contributed by atoms with Crippen molar-refractivity contribution in [2.75, 3.05) is 29.8 Å². The first-order chi connectivity index (χ1) is 17.8. The van der Waals surface area contributed by atoms with Crippen molar-refractivity contribution in [1.29, 1.82) is 0 Å². The molecule has 0 atom stereocenters. The van der Waals surface area contributed by atoms with Crippen LogP contribution in [0.15, 0.2) is 59.8 Å². The summed E-state index contributed by atoms with van der Waals surface area (Å²) < 4.78 is 15.6. The zero-order valence-corrected chi connectivity index (χ0v) is 20.2. The van der Waals surface area contributed by atoms with Crippen LogP contribution in [0.5, 0.6) is 11.5 Å². The summed E-state index contributed by atoms with van der Waals surface area (Å²) in [4.78, 5) is 52.0. The summed E-state index contributed by atoms with van der Waals surface area (Å²) in [5.74, 6) is -0.852. The van der Waals surface area contributed by atoms with Crippen LogP contribution in [0.1, 0.15) is 15.9 Å². The molecule has 12 nitrogen and oxygen atoms in total. The number of fused-ring (bicyclic) bond motifs is 1. The average Bonchev–Trinajstić information content (AvgIpc) is 3.35. The van der Waals surface area contributed by atoms with Gasteiger partial charge in [0.2, 0.25) is 12.7 Å². The summed E-state index contributed by atoms with van der Waals surface area (Å²) in [7, 11) is 0. The SMILES string of the molecule is Cc1ccc(NC(=O)COC(=O)c2cccnc2SCC(=O)Nc2ccc3c(c2)OCO3)c([N+](=O)[O-])c1. The molecule has 4 rings (SSSR count). The molecule has 37 heavy (non-hydrogen) atoms. The molecule has 0 unspecified atom stereocenters. The second-order valence-electron chi connectivity index (χ2n) is 7.66. The maximum Gasteiger partial charge on any atom is 0.341 e. The van der Waals surface area contributed by atoms with Crippen LogP contribution in [0.3, 0.4) is 0 Å². The largest absolute Gasteiger partial charge is 0.454 e. The van der Waals surface area contributed by atoms with E-state index in [2.05, 4.69) is 15.6 Å². The number of benzene rings is 2. The van der Waals surface area contributed by atoms with Gasteiger partial charge in [0.25, 0.3) is 11.6 Å². The number of carbonyl (C=O) groups excluding carboxylic acids is 3. The topological polar surface area (TPSA) is 159 Å². The van der Waals surface area contributed by atoms with E-state index in [9.17, 15) is 24.5 Å². The lowest BCUT2D eigenvalue weighted by atomic mass is 10.2. The molecule has 2 heterocycles. The fraction of sp³-hybridized carbons (Fsp3) is 0.167. The highest BCUT2D eigenvalue weighted by Crippen LogP contribution is 2.34. The molecule has 190 valence electrons. The maximum absolute atomic E-state index is 12.6. The molecule has 2 amide bonds. The lowest BCUT2D eigenvalue weighted by Gasteiger charge is -2.10. The van der Waals surface area contributed by atoms with Crippen LogP contribution in [-0.2, 0) is 14.3 Å². The van der Waals surface area contributed by atoms with Crippen LogP contribution < -0.4 is 20.1 Å². The zero-order valence-electron chi connectivity index (χ0n) is 19.4. The standard InChI is InChI=1S/C24H20N4O8S/c1-14-4-6-17(18(9-14)28(32)33)27-21(29)11-34-24(31)16-3-2-8-25-23(16)37-12-22(30)26-15-5-7-19-20(10-15)36-13-35-19/h2-10H,11-13H2,1H3,(H,26,30)(H,27,29). The number of rotatable bonds is 9. The minimum atomic E-state index is -0.833. The number of hydrogen-bond donors (Lipinski definition) is 2. The first kappa shape index (κ1) is 25.4. The highest BCUT2D eigenvalue weighted by molar-refractivity contribution is 8.00. The number of aryl methyl sites for hydroxylation is 1. The number of nitrogens with zero attached hydrogens (tertiary/aromatic N) is 2. The van der Waals surface area contributed by atoms with Gasteiger partial charge >= 0.3 is 5.97 Å². The lowest BCUT2D eigenvalue weighted by Crippen LogP contribution is -2.22. The Balaban J connectivity index is 1.31. The highest BCUT2D eigenvalue weighted by Gasteiger charge is 2.20. The van der Waals surface area contributed by atoms with E-state index in [1.54, 1.807) is 31.2 Å². The van der Waals surface area contributed by atoms with Crippen LogP contribution in [0.2, 0.25) is 0 Å². The van der Waals surface area contributed by atoms with E-state index in [0.717, 1.165) is 11.8 Å². The molecule has 0 bridgehead atoms. The minimum Gasteiger partial charge on any atom is -0.454 e. The molecule has 0 fully saturated rings. The average molecular weight is 525 g/mol. The summed E-state index contributed by atoms with van der Waals surface area (Å²) in [6.45, 7) is 1.13. The summed E-state index contributed by atoms with van der Waals surface area (Å²) in [5.41, 5.74) is 0.961. The van der Waals surface area contributed by atoms with Gasteiger partial charge < -0.3 is 24.8 Å². The molecular formula is C24H20N4O8S. The summed E-state index contributed by atoms with van der Waals surface area (Å²) in [6, 6.07) is 12.3. The van der Waals surface area contributed by atoms with E-state index in [4.69, 9.17) is 14.2 Å². The van der Waals surface area contributed by atoms with Crippen molar-refractivity contribution < 1.29 is 33.5 Å². The Kier molecular flexibility index (Phi) is 7.83. The molecule has 1 aliphatic heterocycles. The Hall–Kier alpha value is -4.65. The number of nitrogens with one attached hydrogen (secondary N) is 2. The predicted octanol–water partition coefficient (Wildman–Crippen LogP) is 3.55. The number of esters is 1. The molecule has 0 radical (unpaired) electrons. The van der Waals surface area contributed by atoms with Gasteiger partial charge in [-0.05, 0) is 42.8 Å². The van der Waals surface area contributed by atoms with Gasteiger partial charge in [0.1, 0.15) is 10.7 Å². The van der Waals surface area contributed by atoms with Crippen LogP contribution in [0, 0.1) is 17.0 Å². The smallest absolute Gasteiger partial charge is 0.341 e. The number of anilines is 2. The summed E-state index contributed by atoms with van der Waals surface area (Å²) in [6.07, 6.45) is 1.46. The molecule has 0 saturated heterocycles. The zero-order chi connectivity index (χ0) is 26.4. The molecular weight excluding hydrogens is 504 g/mol. The molecule has 2 aromatic carbocycles. The fourth-order valence-electron chi connectivity index (χ4n) is 3.26. The summed E-state index contributed by atoms with van der Waals surface area (Å²) >= 11 is 1.02. The van der Waals surface area contributed by atoms with E-state index in [1.807, 2.05) is 0 Å². The van der Waals surface area contributed by atoms with E-state index >= 15 is 0 Å². The van der Waals surface area contributed by atoms with Crippen molar-refractivity contribution in [3.63, 3.8) is 0 Å². The number of thioether (sulfide) groups is 1. The Labute approximate surface area is 214 Å². The van der Waals surface area contributed by atoms with Crippen molar-refractivity contribution >= 4 is 46.6 Å². The quantitative estimate of drug-likeness (QED) is 0.183. The molecule has 1 aliphatic rings. The second kappa shape index (κ2) is 11.4. The maximum atomic E-state index is 12.6. The van der Waals surface area contributed by atoms with Gasteiger partial charge in [-0.15, -0.1) is 0 Å². The third kappa shape index (κ3) is 6.52. The molecule has 0 aliphatic carbocycles. The number of nitro benzene ring substituents is 1. The van der Waals surface area contributed by atoms with Crippen LogP contribution >= 0.6 is 11.8 Å². The second-order valence-corrected chi connectivity index (χ2v) is 8.63. The van der Waals surface area contributed by atoms with Gasteiger partial charge in [-0.1, -0.05) is 17.8 Å². The van der Waals surface area contributed by atoms with Crippen LogP contribution in [0.25, 0.3) is 0 Å². The Morgan fingerprint density at radius 2 is 1.89 bits per heavy atom. The molecule has 3 aromatic rings. The predicted molar refractivity (Wildman–Crippen MR) is 133 cm³/mol. The normalized spacial score (nSPS) is 11.5. The fourth-order valence-corrected chi connectivity index (χ4v) is 4.04. The molecule has 0 spiro atoms. The monoisotopic (exact) mass is 524 g/mol. The molecule has 2 N–H and O–H groups in total. The van der Waals surface area contributed by atoms with E-state index in [-0.39, 0.29) is 40.4 Å². The van der Waals surface area contributed by atoms with Crippen molar-refractivity contribution in [2.45, 2.75) is 11.9 Å². The minimum absolute atomic E-state index is 0.0113. The first-order valence-corrected chi connectivity index (χ1v) is 11.8. The number of aromatic nitrogens is 1. The van der Waals surface area contributed by atoms with Gasteiger partial charge in [0.15, 0.2) is 18.1 Å². The van der Waals surface area contributed by atoms with Gasteiger partial charge in [-0.25, -0.2) is 9.78 Å². The van der Waals surface area contributed by atoms with Crippen LogP contribution in [-0.4, -0.2) is 46.8 Å². The Morgan fingerprint density at radius 1 is 1.08 bits per heavy atom. The number of nitro groups is 1. The third-order valence-electron chi connectivity index (χ3n) is 4.95. The lowest BCUT2D eigenvalue weighted by molar-refractivity contribution is -0.384. The van der Waals surface area contributed by atoms with E-state index < -0.39 is 23.4 Å². The van der Waals surface area contributed by atoms with Crippen molar-refractivity contribution in [1.82, 2.24) is 4.98 Å². The van der Waals surface area contributed by atoms with Gasteiger partial charge in [-0.3, -0.25) is 19.7 Å². The van der Waals surface area contributed by atoms with E-state index in [1.165, 1.54) is 30.5 Å². The van der Waals surface area contributed by atoms with Gasteiger partial charge in [0, 0.05) is 24.0 Å². The molecule has 1 aromatic heterocycles. The highest BCUT2D eigenvalue weighted by atomic mass is 32.2. The Morgan fingerprint density at radius 3 is 2.70 bits per heavy atom. The summed E-state index contributed by atoms with van der Waals surface area (Å²) in [5, 5.41) is 16.6. The molecule has 13 heteroatoms. The van der Waals surface area contributed by atoms with E-state index in [0.29, 0.717) is 22.7 Å². The number of ether oxygens (including phenoxy) is 3. The van der Waals surface area contributed by atoms with Crippen molar-refractivity contribution in [3.8, 4) is 11.5 Å². The van der Waals surface area contributed by atoms with Crippen LogP contribution in [0.4, 0.5) is 17.1 Å².